The molecule has 0 amide bonds. The predicted octanol–water partition coefficient (Wildman–Crippen LogP) is 3.96. The third-order valence-electron chi connectivity index (χ3n) is 5.16. The van der Waals surface area contributed by atoms with Crippen molar-refractivity contribution in [2.75, 3.05) is 18.6 Å². The molecule has 22 heavy (non-hydrogen) atoms. The number of thioether (sulfide) groups is 2. The second-order valence-corrected chi connectivity index (χ2v) is 9.90. The van der Waals surface area contributed by atoms with Gasteiger partial charge in [-0.15, -0.1) is 23.5 Å². The van der Waals surface area contributed by atoms with E-state index in [1.165, 1.54) is 36.3 Å². The Hall–Kier alpha value is 0.320. The SMILES string of the molecule is CO[C@H]1O[C@](C)([C@H](O)C2=CCCCC2)CCC12SCCCS2. The van der Waals surface area contributed by atoms with Crippen molar-refractivity contribution in [1.29, 1.82) is 0 Å². The second kappa shape index (κ2) is 7.06. The molecule has 0 bridgehead atoms. The third-order valence-corrected chi connectivity index (χ3v) is 8.62. The minimum atomic E-state index is -0.520. The second-order valence-electron chi connectivity index (χ2n) is 6.79. The number of aliphatic hydroxyl groups is 1. The van der Waals surface area contributed by atoms with Crippen LogP contribution in [0.1, 0.15) is 51.9 Å². The average Bonchev–Trinajstić information content (AvgIpc) is 2.58. The molecule has 1 N–H and O–H groups in total. The van der Waals surface area contributed by atoms with Crippen molar-refractivity contribution in [3.63, 3.8) is 0 Å². The first-order valence-electron chi connectivity index (χ1n) is 8.45. The summed E-state index contributed by atoms with van der Waals surface area (Å²) in [6.07, 6.45) is 9.21. The molecule has 2 heterocycles. The molecule has 2 aliphatic heterocycles. The maximum Gasteiger partial charge on any atom is 0.181 e. The monoisotopic (exact) mass is 344 g/mol. The Kier molecular flexibility index (Phi) is 5.50. The molecular weight excluding hydrogens is 316 g/mol. The maximum atomic E-state index is 10.9. The number of hydrogen-bond donors (Lipinski definition) is 1. The van der Waals surface area contributed by atoms with Crippen molar-refractivity contribution < 1.29 is 14.6 Å². The lowest BCUT2D eigenvalue weighted by molar-refractivity contribution is -0.244. The number of allylic oxidation sites excluding steroid dienone is 1. The molecule has 3 nitrogen and oxygen atoms in total. The Morgan fingerprint density at radius 3 is 2.68 bits per heavy atom. The van der Waals surface area contributed by atoms with Gasteiger partial charge in [0.1, 0.15) is 10.2 Å². The third kappa shape index (κ3) is 3.25. The minimum Gasteiger partial charge on any atom is -0.386 e. The highest BCUT2D eigenvalue weighted by atomic mass is 32.2. The van der Waals surface area contributed by atoms with Crippen molar-refractivity contribution in [2.45, 2.75) is 73.9 Å². The molecule has 0 aromatic rings. The summed E-state index contributed by atoms with van der Waals surface area (Å²) < 4.78 is 12.1. The van der Waals surface area contributed by atoms with Crippen LogP contribution in [-0.4, -0.2) is 45.8 Å². The van der Waals surface area contributed by atoms with Gasteiger partial charge in [-0.1, -0.05) is 6.08 Å². The van der Waals surface area contributed by atoms with E-state index in [0.29, 0.717) is 0 Å². The number of ether oxygens (including phenoxy) is 2. The summed E-state index contributed by atoms with van der Waals surface area (Å²) >= 11 is 3.97. The normalized spacial score (nSPS) is 36.9. The molecule has 0 aromatic carbocycles. The van der Waals surface area contributed by atoms with Crippen LogP contribution in [0.15, 0.2) is 11.6 Å². The average molecular weight is 345 g/mol. The fraction of sp³-hybridized carbons (Fsp3) is 0.882. The Morgan fingerprint density at radius 2 is 2.05 bits per heavy atom. The van der Waals surface area contributed by atoms with Gasteiger partial charge in [0.15, 0.2) is 6.29 Å². The lowest BCUT2D eigenvalue weighted by Crippen LogP contribution is -2.57. The summed E-state index contributed by atoms with van der Waals surface area (Å²) in [5, 5.41) is 10.9. The molecule has 3 aliphatic rings. The van der Waals surface area contributed by atoms with Gasteiger partial charge in [0.25, 0.3) is 0 Å². The molecule has 1 spiro atoms. The van der Waals surface area contributed by atoms with Crippen molar-refractivity contribution in [1.82, 2.24) is 0 Å². The zero-order valence-electron chi connectivity index (χ0n) is 13.7. The summed E-state index contributed by atoms with van der Waals surface area (Å²) in [7, 11) is 1.74. The van der Waals surface area contributed by atoms with Gasteiger partial charge in [-0.2, -0.15) is 0 Å². The van der Waals surface area contributed by atoms with Crippen LogP contribution in [0.4, 0.5) is 0 Å². The molecule has 3 atom stereocenters. The largest absolute Gasteiger partial charge is 0.386 e. The minimum absolute atomic E-state index is 0.0210. The molecule has 3 rings (SSSR count). The molecule has 0 aromatic heterocycles. The molecule has 2 saturated heterocycles. The highest BCUT2D eigenvalue weighted by Crippen LogP contribution is 2.54. The standard InChI is InChI=1S/C17H28O3S2/c1-16(14(18)13-7-4-3-5-8-13)9-10-17(15(19-2)20-16)21-11-6-12-22-17/h7,14-15,18H,3-6,8-12H2,1-2H3/t14-,15+,16+/m1/s1. The molecule has 0 radical (unpaired) electrons. The lowest BCUT2D eigenvalue weighted by atomic mass is 9.82. The first-order chi connectivity index (χ1) is 10.6. The van der Waals surface area contributed by atoms with Gasteiger partial charge in [-0.05, 0) is 68.9 Å². The van der Waals surface area contributed by atoms with Crippen LogP contribution in [0.3, 0.4) is 0 Å². The summed E-state index contributed by atoms with van der Waals surface area (Å²) in [6, 6.07) is 0. The van der Waals surface area contributed by atoms with E-state index in [1.807, 2.05) is 23.5 Å². The maximum absolute atomic E-state index is 10.9. The molecule has 5 heteroatoms. The van der Waals surface area contributed by atoms with Crippen LogP contribution in [0.25, 0.3) is 0 Å². The summed E-state index contributed by atoms with van der Waals surface area (Å²) in [6.45, 7) is 2.06. The van der Waals surface area contributed by atoms with Crippen LogP contribution in [-0.2, 0) is 9.47 Å². The summed E-state index contributed by atoms with van der Waals surface area (Å²) in [5.74, 6) is 2.36. The van der Waals surface area contributed by atoms with Gasteiger partial charge < -0.3 is 14.6 Å². The van der Waals surface area contributed by atoms with Crippen LogP contribution < -0.4 is 0 Å². The van der Waals surface area contributed by atoms with Crippen molar-refractivity contribution in [3.8, 4) is 0 Å². The Balaban J connectivity index is 1.74. The summed E-state index contributed by atoms with van der Waals surface area (Å²) in [5.41, 5.74) is 0.650. The topological polar surface area (TPSA) is 38.7 Å². The van der Waals surface area contributed by atoms with Crippen molar-refractivity contribution >= 4 is 23.5 Å². The lowest BCUT2D eigenvalue weighted by Gasteiger charge is -2.51. The summed E-state index contributed by atoms with van der Waals surface area (Å²) in [4.78, 5) is 0. The smallest absolute Gasteiger partial charge is 0.181 e. The fourth-order valence-electron chi connectivity index (χ4n) is 3.74. The Morgan fingerprint density at radius 1 is 1.27 bits per heavy atom. The van der Waals surface area contributed by atoms with Crippen LogP contribution in [0.2, 0.25) is 0 Å². The van der Waals surface area contributed by atoms with Gasteiger partial charge in [0.05, 0.1) is 5.60 Å². The van der Waals surface area contributed by atoms with Crippen molar-refractivity contribution in [3.05, 3.63) is 11.6 Å². The number of methoxy groups -OCH3 is 1. The molecule has 0 unspecified atom stereocenters. The molecule has 2 fully saturated rings. The number of aliphatic hydroxyl groups excluding tert-OH is 1. The van der Waals surface area contributed by atoms with E-state index in [1.54, 1.807) is 7.11 Å². The van der Waals surface area contributed by atoms with Gasteiger partial charge >= 0.3 is 0 Å². The van der Waals surface area contributed by atoms with Gasteiger partial charge in [0.2, 0.25) is 0 Å². The first kappa shape index (κ1) is 17.2. The van der Waals surface area contributed by atoms with E-state index in [9.17, 15) is 5.11 Å². The number of rotatable bonds is 3. The van der Waals surface area contributed by atoms with E-state index in [0.717, 1.165) is 25.7 Å². The molecule has 0 saturated carbocycles. The van der Waals surface area contributed by atoms with Crippen LogP contribution in [0.5, 0.6) is 0 Å². The molecular formula is C17H28O3S2. The van der Waals surface area contributed by atoms with E-state index < -0.39 is 11.7 Å². The number of hydrogen-bond acceptors (Lipinski definition) is 5. The van der Waals surface area contributed by atoms with Gasteiger partial charge in [0, 0.05) is 7.11 Å². The Labute approximate surface area is 142 Å². The highest BCUT2D eigenvalue weighted by Gasteiger charge is 2.53. The molecule has 1 aliphatic carbocycles. The van der Waals surface area contributed by atoms with Crippen molar-refractivity contribution in [2.24, 2.45) is 0 Å². The van der Waals surface area contributed by atoms with E-state index in [-0.39, 0.29) is 10.4 Å². The van der Waals surface area contributed by atoms with Gasteiger partial charge in [-0.3, -0.25) is 0 Å². The zero-order chi connectivity index (χ0) is 15.6. The molecule has 126 valence electrons. The van der Waals surface area contributed by atoms with Gasteiger partial charge in [-0.25, -0.2) is 0 Å². The van der Waals surface area contributed by atoms with E-state index in [2.05, 4.69) is 13.0 Å². The van der Waals surface area contributed by atoms with E-state index >= 15 is 0 Å². The highest BCUT2D eigenvalue weighted by molar-refractivity contribution is 8.18. The first-order valence-corrected chi connectivity index (χ1v) is 10.4. The predicted molar refractivity (Wildman–Crippen MR) is 94.3 cm³/mol. The fourth-order valence-corrected chi connectivity index (χ4v) is 7.07. The van der Waals surface area contributed by atoms with E-state index in [4.69, 9.17) is 9.47 Å². The quantitative estimate of drug-likeness (QED) is 0.785. The van der Waals surface area contributed by atoms with Crippen LogP contribution >= 0.6 is 23.5 Å². The van der Waals surface area contributed by atoms with Crippen LogP contribution in [0, 0.1) is 0 Å². The zero-order valence-corrected chi connectivity index (χ0v) is 15.3. The Bertz CT molecular complexity index is 420.